The second-order valence-electron chi connectivity index (χ2n) is 4.41. The highest BCUT2D eigenvalue weighted by Gasteiger charge is 2.01. The van der Waals surface area contributed by atoms with E-state index in [2.05, 4.69) is 10.6 Å². The van der Waals surface area contributed by atoms with E-state index in [9.17, 15) is 4.79 Å². The fourth-order valence-corrected chi connectivity index (χ4v) is 1.78. The molecule has 2 aromatic rings. The molecule has 0 unspecified atom stereocenters. The summed E-state index contributed by atoms with van der Waals surface area (Å²) in [6.45, 7) is 2.58. The first-order valence-electron chi connectivity index (χ1n) is 6.26. The number of anilines is 1. The van der Waals surface area contributed by atoms with Crippen molar-refractivity contribution in [3.8, 4) is 0 Å². The maximum Gasteiger partial charge on any atom is 0.224 e. The Morgan fingerprint density at radius 1 is 1.16 bits per heavy atom. The lowest BCUT2D eigenvalue weighted by Crippen LogP contribution is -2.19. The Morgan fingerprint density at radius 3 is 2.47 bits per heavy atom. The zero-order valence-corrected chi connectivity index (χ0v) is 11.2. The van der Waals surface area contributed by atoms with Crippen molar-refractivity contribution in [3.05, 3.63) is 53.5 Å². The van der Waals surface area contributed by atoms with Crippen LogP contribution >= 0.6 is 0 Å². The van der Waals surface area contributed by atoms with Crippen molar-refractivity contribution in [3.63, 3.8) is 0 Å². The fraction of sp³-hybridized carbons (Fsp3) is 0.267. The lowest BCUT2D eigenvalue weighted by Gasteiger charge is -2.06. The maximum atomic E-state index is 11.2. The van der Waals surface area contributed by atoms with Gasteiger partial charge in [0.1, 0.15) is 11.5 Å². The molecule has 0 saturated carbocycles. The van der Waals surface area contributed by atoms with Gasteiger partial charge in [-0.2, -0.15) is 0 Å². The summed E-state index contributed by atoms with van der Waals surface area (Å²) in [6, 6.07) is 11.7. The number of carbonyl (C=O) groups is 1. The van der Waals surface area contributed by atoms with Crippen LogP contribution in [-0.2, 0) is 17.8 Å². The predicted molar refractivity (Wildman–Crippen MR) is 75.0 cm³/mol. The number of hydrogen-bond acceptors (Lipinski definition) is 3. The largest absolute Gasteiger partial charge is 0.465 e. The molecule has 1 aromatic heterocycles. The van der Waals surface area contributed by atoms with E-state index < -0.39 is 0 Å². The molecule has 100 valence electrons. The van der Waals surface area contributed by atoms with Gasteiger partial charge in [-0.3, -0.25) is 4.79 Å². The van der Waals surface area contributed by atoms with E-state index in [-0.39, 0.29) is 5.91 Å². The third-order valence-electron chi connectivity index (χ3n) is 2.86. The van der Waals surface area contributed by atoms with Crippen LogP contribution in [0.15, 0.2) is 40.8 Å². The topological polar surface area (TPSA) is 54.3 Å². The number of furan rings is 1. The van der Waals surface area contributed by atoms with Gasteiger partial charge >= 0.3 is 0 Å². The first-order chi connectivity index (χ1) is 9.17. The van der Waals surface area contributed by atoms with Gasteiger partial charge in [0.15, 0.2) is 0 Å². The van der Waals surface area contributed by atoms with E-state index in [4.69, 9.17) is 4.42 Å². The quantitative estimate of drug-likeness (QED) is 0.866. The summed E-state index contributed by atoms with van der Waals surface area (Å²) in [7, 11) is 1.64. The SMILES string of the molecule is CNC(=O)Cc1ccc(NCc2ccc(C)o2)cc1. The minimum Gasteiger partial charge on any atom is -0.465 e. The molecular formula is C15H18N2O2. The van der Waals surface area contributed by atoms with E-state index in [1.807, 2.05) is 43.3 Å². The fourth-order valence-electron chi connectivity index (χ4n) is 1.78. The maximum absolute atomic E-state index is 11.2. The first kappa shape index (κ1) is 13.2. The molecule has 0 saturated heterocycles. The highest BCUT2D eigenvalue weighted by atomic mass is 16.3. The van der Waals surface area contributed by atoms with Gasteiger partial charge in [0.25, 0.3) is 0 Å². The Kier molecular flexibility index (Phi) is 4.23. The number of benzene rings is 1. The molecule has 0 atom stereocenters. The normalized spacial score (nSPS) is 10.2. The Balaban J connectivity index is 1.89. The van der Waals surface area contributed by atoms with Crippen molar-refractivity contribution in [2.24, 2.45) is 0 Å². The van der Waals surface area contributed by atoms with Crippen molar-refractivity contribution >= 4 is 11.6 Å². The summed E-state index contributed by atoms with van der Waals surface area (Å²) in [5.41, 5.74) is 2.01. The number of carbonyl (C=O) groups excluding carboxylic acids is 1. The molecule has 0 aliphatic heterocycles. The van der Waals surface area contributed by atoms with E-state index in [1.54, 1.807) is 7.05 Å². The molecular weight excluding hydrogens is 240 g/mol. The number of nitrogens with one attached hydrogen (secondary N) is 2. The van der Waals surface area contributed by atoms with Crippen molar-refractivity contribution < 1.29 is 9.21 Å². The molecule has 0 bridgehead atoms. The summed E-state index contributed by atoms with van der Waals surface area (Å²) in [6.07, 6.45) is 0.411. The van der Waals surface area contributed by atoms with Gasteiger partial charge in [-0.05, 0) is 36.8 Å². The zero-order chi connectivity index (χ0) is 13.7. The second-order valence-corrected chi connectivity index (χ2v) is 4.41. The molecule has 0 radical (unpaired) electrons. The van der Waals surface area contributed by atoms with Gasteiger partial charge in [-0.15, -0.1) is 0 Å². The van der Waals surface area contributed by atoms with Crippen LogP contribution < -0.4 is 10.6 Å². The second kappa shape index (κ2) is 6.09. The van der Waals surface area contributed by atoms with Gasteiger partial charge in [0.2, 0.25) is 5.91 Å². The van der Waals surface area contributed by atoms with Crippen LogP contribution in [0.3, 0.4) is 0 Å². The van der Waals surface area contributed by atoms with Gasteiger partial charge < -0.3 is 15.1 Å². The van der Waals surface area contributed by atoms with Crippen LogP contribution in [-0.4, -0.2) is 13.0 Å². The molecule has 2 N–H and O–H groups in total. The molecule has 0 aliphatic rings. The van der Waals surface area contributed by atoms with Gasteiger partial charge in [0, 0.05) is 12.7 Å². The smallest absolute Gasteiger partial charge is 0.224 e. The monoisotopic (exact) mass is 258 g/mol. The Labute approximate surface area is 112 Å². The minimum atomic E-state index is 0.0202. The molecule has 2 rings (SSSR count). The van der Waals surface area contributed by atoms with E-state index >= 15 is 0 Å². The number of likely N-dealkylation sites (N-methyl/N-ethyl adjacent to an activating group) is 1. The first-order valence-corrected chi connectivity index (χ1v) is 6.26. The van der Waals surface area contributed by atoms with Crippen LogP contribution in [0, 0.1) is 6.92 Å². The zero-order valence-electron chi connectivity index (χ0n) is 11.2. The molecule has 0 aliphatic carbocycles. The van der Waals surface area contributed by atoms with Crippen molar-refractivity contribution in [1.82, 2.24) is 5.32 Å². The molecule has 1 amide bonds. The van der Waals surface area contributed by atoms with Crippen LogP contribution in [0.1, 0.15) is 17.1 Å². The van der Waals surface area contributed by atoms with E-state index in [0.717, 1.165) is 22.8 Å². The molecule has 19 heavy (non-hydrogen) atoms. The Bertz CT molecular complexity index is 544. The summed E-state index contributed by atoms with van der Waals surface area (Å²) in [5.74, 6) is 1.84. The van der Waals surface area contributed by atoms with Crippen molar-refractivity contribution in [2.45, 2.75) is 19.9 Å². The summed E-state index contributed by atoms with van der Waals surface area (Å²) in [4.78, 5) is 11.2. The average molecular weight is 258 g/mol. The summed E-state index contributed by atoms with van der Waals surface area (Å²) < 4.78 is 5.48. The minimum absolute atomic E-state index is 0.0202. The lowest BCUT2D eigenvalue weighted by molar-refractivity contribution is -0.119. The molecule has 0 spiro atoms. The number of amides is 1. The molecule has 4 heteroatoms. The third-order valence-corrected chi connectivity index (χ3v) is 2.86. The predicted octanol–water partition coefficient (Wildman–Crippen LogP) is 2.49. The summed E-state index contributed by atoms with van der Waals surface area (Å²) in [5, 5.41) is 5.88. The highest BCUT2D eigenvalue weighted by Crippen LogP contribution is 2.13. The molecule has 1 heterocycles. The van der Waals surface area contributed by atoms with Crippen molar-refractivity contribution in [2.75, 3.05) is 12.4 Å². The van der Waals surface area contributed by atoms with E-state index in [1.165, 1.54) is 0 Å². The van der Waals surface area contributed by atoms with Crippen LogP contribution in [0.25, 0.3) is 0 Å². The lowest BCUT2D eigenvalue weighted by atomic mass is 10.1. The van der Waals surface area contributed by atoms with E-state index in [0.29, 0.717) is 13.0 Å². The molecule has 1 aromatic carbocycles. The van der Waals surface area contributed by atoms with Gasteiger partial charge in [-0.1, -0.05) is 12.1 Å². The Morgan fingerprint density at radius 2 is 1.89 bits per heavy atom. The average Bonchev–Trinajstić information content (AvgIpc) is 2.83. The Hall–Kier alpha value is -2.23. The van der Waals surface area contributed by atoms with Crippen molar-refractivity contribution in [1.29, 1.82) is 0 Å². The molecule has 4 nitrogen and oxygen atoms in total. The molecule has 0 fully saturated rings. The summed E-state index contributed by atoms with van der Waals surface area (Å²) >= 11 is 0. The number of hydrogen-bond donors (Lipinski definition) is 2. The van der Waals surface area contributed by atoms with Crippen LogP contribution in [0.2, 0.25) is 0 Å². The van der Waals surface area contributed by atoms with Crippen LogP contribution in [0.5, 0.6) is 0 Å². The standard InChI is InChI=1S/C15H18N2O2/c1-11-3-8-14(19-11)10-17-13-6-4-12(5-7-13)9-15(18)16-2/h3-8,17H,9-10H2,1-2H3,(H,16,18). The van der Waals surface area contributed by atoms with Gasteiger partial charge in [-0.25, -0.2) is 0 Å². The van der Waals surface area contributed by atoms with Gasteiger partial charge in [0.05, 0.1) is 13.0 Å². The van der Waals surface area contributed by atoms with Crippen LogP contribution in [0.4, 0.5) is 5.69 Å². The number of rotatable bonds is 5. The number of aryl methyl sites for hydroxylation is 1. The third kappa shape index (κ3) is 3.88. The highest BCUT2D eigenvalue weighted by molar-refractivity contribution is 5.78.